The van der Waals surface area contributed by atoms with Gasteiger partial charge in [0.1, 0.15) is 0 Å². The number of hydrogen-bond donors (Lipinski definition) is 1. The SMILES string of the molecule is COC1CCCC1Nc1ccc(S(C)(=O)=O)cc1. The fraction of sp³-hybridized carbons (Fsp3) is 0.538. The highest BCUT2D eigenvalue weighted by atomic mass is 32.2. The summed E-state index contributed by atoms with van der Waals surface area (Å²) in [5.41, 5.74) is 0.941. The summed E-state index contributed by atoms with van der Waals surface area (Å²) in [5, 5.41) is 3.40. The van der Waals surface area contributed by atoms with Crippen LogP contribution in [0.25, 0.3) is 0 Å². The zero-order valence-corrected chi connectivity index (χ0v) is 11.5. The van der Waals surface area contributed by atoms with Gasteiger partial charge in [0.2, 0.25) is 0 Å². The van der Waals surface area contributed by atoms with Crippen LogP contribution >= 0.6 is 0 Å². The van der Waals surface area contributed by atoms with Crippen molar-refractivity contribution in [1.29, 1.82) is 0 Å². The molecule has 1 fully saturated rings. The van der Waals surface area contributed by atoms with Gasteiger partial charge in [-0.15, -0.1) is 0 Å². The minimum Gasteiger partial charge on any atom is -0.380 e. The average Bonchev–Trinajstić information content (AvgIpc) is 2.76. The fourth-order valence-corrected chi connectivity index (χ4v) is 3.02. The van der Waals surface area contributed by atoms with E-state index in [1.165, 1.54) is 6.26 Å². The lowest BCUT2D eigenvalue weighted by Gasteiger charge is -2.20. The molecular formula is C13H19NO3S. The maximum absolute atomic E-state index is 11.3. The zero-order chi connectivity index (χ0) is 13.2. The maximum Gasteiger partial charge on any atom is 0.175 e. The van der Waals surface area contributed by atoms with E-state index in [0.29, 0.717) is 10.9 Å². The van der Waals surface area contributed by atoms with Gasteiger partial charge >= 0.3 is 0 Å². The minimum atomic E-state index is -3.11. The summed E-state index contributed by atoms with van der Waals surface area (Å²) in [6.07, 6.45) is 4.80. The Morgan fingerprint density at radius 3 is 2.44 bits per heavy atom. The molecule has 2 atom stereocenters. The van der Waals surface area contributed by atoms with Crippen molar-refractivity contribution in [2.24, 2.45) is 0 Å². The molecule has 0 amide bonds. The second kappa shape index (κ2) is 5.28. The van der Waals surface area contributed by atoms with E-state index in [9.17, 15) is 8.42 Å². The zero-order valence-electron chi connectivity index (χ0n) is 10.7. The molecule has 1 aliphatic rings. The van der Waals surface area contributed by atoms with E-state index in [0.717, 1.165) is 24.9 Å². The van der Waals surface area contributed by atoms with Crippen LogP contribution in [-0.2, 0) is 14.6 Å². The number of benzene rings is 1. The van der Waals surface area contributed by atoms with Crippen molar-refractivity contribution in [1.82, 2.24) is 0 Å². The van der Waals surface area contributed by atoms with Gasteiger partial charge in [-0.3, -0.25) is 0 Å². The highest BCUT2D eigenvalue weighted by Gasteiger charge is 2.26. The van der Waals surface area contributed by atoms with Crippen molar-refractivity contribution in [2.75, 3.05) is 18.7 Å². The molecule has 1 aliphatic carbocycles. The van der Waals surface area contributed by atoms with Crippen LogP contribution in [0, 0.1) is 0 Å². The third-order valence-corrected chi connectivity index (χ3v) is 4.52. The van der Waals surface area contributed by atoms with Crippen LogP contribution in [0.15, 0.2) is 29.2 Å². The topological polar surface area (TPSA) is 55.4 Å². The number of rotatable bonds is 4. The first kappa shape index (κ1) is 13.4. The molecular weight excluding hydrogens is 250 g/mol. The summed E-state index contributed by atoms with van der Waals surface area (Å²) in [5.74, 6) is 0. The normalized spacial score (nSPS) is 24.1. The molecule has 0 radical (unpaired) electrons. The molecule has 0 aromatic heterocycles. The van der Waals surface area contributed by atoms with Crippen LogP contribution in [0.2, 0.25) is 0 Å². The molecule has 5 heteroatoms. The van der Waals surface area contributed by atoms with Crippen molar-refractivity contribution in [3.05, 3.63) is 24.3 Å². The second-order valence-electron chi connectivity index (χ2n) is 4.75. The standard InChI is InChI=1S/C13H19NO3S/c1-17-13-5-3-4-12(13)14-10-6-8-11(9-7-10)18(2,15)16/h6-9,12-14H,3-5H2,1-2H3. The van der Waals surface area contributed by atoms with Crippen LogP contribution in [0.1, 0.15) is 19.3 Å². The van der Waals surface area contributed by atoms with Crippen LogP contribution < -0.4 is 5.32 Å². The lowest BCUT2D eigenvalue weighted by molar-refractivity contribution is 0.101. The molecule has 0 heterocycles. The maximum atomic E-state index is 11.3. The van der Waals surface area contributed by atoms with E-state index in [-0.39, 0.29) is 6.10 Å². The molecule has 1 saturated carbocycles. The van der Waals surface area contributed by atoms with Gasteiger partial charge in [-0.1, -0.05) is 0 Å². The molecule has 1 aromatic rings. The largest absolute Gasteiger partial charge is 0.380 e. The number of ether oxygens (including phenoxy) is 1. The summed E-state index contributed by atoms with van der Waals surface area (Å²) in [6, 6.07) is 7.20. The highest BCUT2D eigenvalue weighted by Crippen LogP contribution is 2.25. The lowest BCUT2D eigenvalue weighted by atomic mass is 10.2. The number of hydrogen-bond acceptors (Lipinski definition) is 4. The van der Waals surface area contributed by atoms with Gasteiger partial charge in [-0.2, -0.15) is 0 Å². The van der Waals surface area contributed by atoms with E-state index >= 15 is 0 Å². The Morgan fingerprint density at radius 1 is 1.22 bits per heavy atom. The Balaban J connectivity index is 2.07. The Labute approximate surface area is 108 Å². The Bertz CT molecular complexity index is 495. The first-order valence-corrected chi connectivity index (χ1v) is 7.99. The third kappa shape index (κ3) is 3.03. The van der Waals surface area contributed by atoms with Crippen LogP contribution in [-0.4, -0.2) is 33.9 Å². The smallest absolute Gasteiger partial charge is 0.175 e. The van der Waals surface area contributed by atoms with Gasteiger partial charge in [0, 0.05) is 19.1 Å². The molecule has 0 bridgehead atoms. The van der Waals surface area contributed by atoms with Gasteiger partial charge in [0.25, 0.3) is 0 Å². The molecule has 2 rings (SSSR count). The van der Waals surface area contributed by atoms with Gasteiger partial charge in [0.05, 0.1) is 17.0 Å². The predicted octanol–water partition coefficient (Wildman–Crippen LogP) is 2.07. The monoisotopic (exact) mass is 269 g/mol. The van der Waals surface area contributed by atoms with Crippen molar-refractivity contribution in [3.63, 3.8) is 0 Å². The summed E-state index contributed by atoms with van der Waals surface area (Å²) >= 11 is 0. The van der Waals surface area contributed by atoms with Crippen molar-refractivity contribution < 1.29 is 13.2 Å². The first-order valence-electron chi connectivity index (χ1n) is 6.10. The molecule has 0 saturated heterocycles. The summed E-state index contributed by atoms with van der Waals surface area (Å²) in [7, 11) is -1.38. The van der Waals surface area contributed by atoms with E-state index in [1.807, 2.05) is 0 Å². The Morgan fingerprint density at radius 2 is 1.89 bits per heavy atom. The minimum absolute atomic E-state index is 0.250. The van der Waals surface area contributed by atoms with Gasteiger partial charge in [-0.05, 0) is 43.5 Å². The molecule has 0 aliphatic heterocycles. The molecule has 18 heavy (non-hydrogen) atoms. The van der Waals surface area contributed by atoms with Gasteiger partial charge in [0.15, 0.2) is 9.84 Å². The fourth-order valence-electron chi connectivity index (χ4n) is 2.39. The van der Waals surface area contributed by atoms with Gasteiger partial charge < -0.3 is 10.1 Å². The Kier molecular flexibility index (Phi) is 3.92. The molecule has 1 N–H and O–H groups in total. The van der Waals surface area contributed by atoms with Gasteiger partial charge in [-0.25, -0.2) is 8.42 Å². The highest BCUT2D eigenvalue weighted by molar-refractivity contribution is 7.90. The van der Waals surface area contributed by atoms with Crippen LogP contribution in [0.4, 0.5) is 5.69 Å². The molecule has 100 valence electrons. The summed E-state index contributed by atoms with van der Waals surface area (Å²) in [4.78, 5) is 0.350. The van der Waals surface area contributed by atoms with Crippen molar-refractivity contribution in [2.45, 2.75) is 36.3 Å². The molecule has 0 spiro atoms. The quantitative estimate of drug-likeness (QED) is 0.909. The summed E-state index contributed by atoms with van der Waals surface area (Å²) < 4.78 is 28.1. The predicted molar refractivity (Wildman–Crippen MR) is 71.6 cm³/mol. The van der Waals surface area contributed by atoms with Crippen molar-refractivity contribution in [3.8, 4) is 0 Å². The average molecular weight is 269 g/mol. The number of methoxy groups -OCH3 is 1. The Hall–Kier alpha value is -1.07. The molecule has 2 unspecified atom stereocenters. The van der Waals surface area contributed by atoms with E-state index in [1.54, 1.807) is 31.4 Å². The van der Waals surface area contributed by atoms with Crippen molar-refractivity contribution >= 4 is 15.5 Å². The van der Waals surface area contributed by atoms with E-state index in [4.69, 9.17) is 4.74 Å². The number of anilines is 1. The third-order valence-electron chi connectivity index (χ3n) is 3.39. The number of nitrogens with one attached hydrogen (secondary N) is 1. The second-order valence-corrected chi connectivity index (χ2v) is 6.77. The first-order chi connectivity index (χ1) is 8.50. The molecule has 4 nitrogen and oxygen atoms in total. The van der Waals surface area contributed by atoms with E-state index < -0.39 is 9.84 Å². The van der Waals surface area contributed by atoms with Crippen LogP contribution in [0.5, 0.6) is 0 Å². The number of sulfone groups is 1. The van der Waals surface area contributed by atoms with E-state index in [2.05, 4.69) is 5.32 Å². The van der Waals surface area contributed by atoms with Crippen LogP contribution in [0.3, 0.4) is 0 Å². The lowest BCUT2D eigenvalue weighted by Crippen LogP contribution is -2.29. The summed E-state index contributed by atoms with van der Waals surface area (Å²) in [6.45, 7) is 0. The molecule has 1 aromatic carbocycles.